The van der Waals surface area contributed by atoms with E-state index in [0.717, 1.165) is 12.8 Å². The molecule has 28 heavy (non-hydrogen) atoms. The minimum atomic E-state index is -0.237. The maximum absolute atomic E-state index is 13.9. The van der Waals surface area contributed by atoms with Crippen LogP contribution >= 0.6 is 0 Å². The Morgan fingerprint density at radius 3 is 2.32 bits per heavy atom. The van der Waals surface area contributed by atoms with Crippen molar-refractivity contribution in [2.24, 2.45) is 0 Å². The maximum atomic E-state index is 13.9. The number of rotatable bonds is 6. The number of hydrogen-bond donors (Lipinski definition) is 1. The lowest BCUT2D eigenvalue weighted by atomic mass is 10.1. The van der Waals surface area contributed by atoms with E-state index in [2.05, 4.69) is 5.32 Å². The van der Waals surface area contributed by atoms with Gasteiger partial charge in [-0.05, 0) is 42.8 Å². The lowest BCUT2D eigenvalue weighted by molar-refractivity contribution is -0.116. The van der Waals surface area contributed by atoms with E-state index in [1.807, 2.05) is 17.9 Å². The Bertz CT molecular complexity index is 815. The van der Waals surface area contributed by atoms with E-state index in [9.17, 15) is 14.0 Å². The average molecular weight is 383 g/mol. The number of carbonyl (C=O) groups is 2. The van der Waals surface area contributed by atoms with E-state index < -0.39 is 0 Å². The molecule has 0 unspecified atom stereocenters. The highest BCUT2D eigenvalue weighted by molar-refractivity contribution is 5.96. The van der Waals surface area contributed by atoms with E-state index in [1.165, 1.54) is 6.07 Å². The Hall–Kier alpha value is -2.89. The summed E-state index contributed by atoms with van der Waals surface area (Å²) in [5.74, 6) is -0.291. The van der Waals surface area contributed by atoms with E-state index in [1.54, 1.807) is 41.3 Å². The Balaban J connectivity index is 1.55. The number of anilines is 2. The largest absolute Gasteiger partial charge is 0.366 e. The first-order valence-electron chi connectivity index (χ1n) is 9.77. The Morgan fingerprint density at radius 1 is 1.00 bits per heavy atom. The molecule has 2 amide bonds. The fourth-order valence-electron chi connectivity index (χ4n) is 3.30. The molecule has 6 heteroatoms. The molecule has 1 N–H and O–H groups in total. The Labute approximate surface area is 165 Å². The Morgan fingerprint density at radius 2 is 1.68 bits per heavy atom. The number of carbonyl (C=O) groups excluding carboxylic acids is 2. The van der Waals surface area contributed by atoms with Gasteiger partial charge in [-0.3, -0.25) is 9.59 Å². The molecule has 0 spiro atoms. The molecule has 0 aliphatic carbocycles. The summed E-state index contributed by atoms with van der Waals surface area (Å²) >= 11 is 0. The lowest BCUT2D eigenvalue weighted by Gasteiger charge is -2.36. The summed E-state index contributed by atoms with van der Waals surface area (Å²) < 4.78 is 13.9. The maximum Gasteiger partial charge on any atom is 0.253 e. The monoisotopic (exact) mass is 383 g/mol. The zero-order valence-corrected chi connectivity index (χ0v) is 16.2. The van der Waals surface area contributed by atoms with Gasteiger partial charge < -0.3 is 15.1 Å². The molecule has 1 aliphatic rings. The van der Waals surface area contributed by atoms with Crippen LogP contribution in [0.15, 0.2) is 48.5 Å². The summed E-state index contributed by atoms with van der Waals surface area (Å²) in [6, 6.07) is 13.7. The van der Waals surface area contributed by atoms with Gasteiger partial charge in [-0.25, -0.2) is 4.39 Å². The number of hydrogen-bond acceptors (Lipinski definition) is 3. The average Bonchev–Trinajstić information content (AvgIpc) is 2.73. The molecule has 1 heterocycles. The van der Waals surface area contributed by atoms with Crippen LogP contribution in [0.25, 0.3) is 0 Å². The van der Waals surface area contributed by atoms with Crippen molar-refractivity contribution in [3.05, 3.63) is 59.9 Å². The normalized spacial score (nSPS) is 14.1. The molecule has 148 valence electrons. The fourth-order valence-corrected chi connectivity index (χ4v) is 3.30. The van der Waals surface area contributed by atoms with Crippen LogP contribution in [0, 0.1) is 5.82 Å². The van der Waals surface area contributed by atoms with Crippen LogP contribution in [0.5, 0.6) is 0 Å². The third-order valence-electron chi connectivity index (χ3n) is 4.93. The molecule has 0 aromatic heterocycles. The highest BCUT2D eigenvalue weighted by Crippen LogP contribution is 2.21. The number of amides is 2. The fraction of sp³-hybridized carbons (Fsp3) is 0.364. The van der Waals surface area contributed by atoms with Gasteiger partial charge in [-0.2, -0.15) is 0 Å². The van der Waals surface area contributed by atoms with Crippen molar-refractivity contribution in [1.29, 1.82) is 0 Å². The van der Waals surface area contributed by atoms with Gasteiger partial charge in [0.15, 0.2) is 0 Å². The van der Waals surface area contributed by atoms with Crippen molar-refractivity contribution in [3.63, 3.8) is 0 Å². The van der Waals surface area contributed by atoms with Crippen molar-refractivity contribution in [1.82, 2.24) is 4.90 Å². The van der Waals surface area contributed by atoms with Crippen molar-refractivity contribution >= 4 is 23.2 Å². The molecule has 1 saturated heterocycles. The zero-order valence-electron chi connectivity index (χ0n) is 16.2. The summed E-state index contributed by atoms with van der Waals surface area (Å²) in [5.41, 5.74) is 1.87. The zero-order chi connectivity index (χ0) is 19.9. The van der Waals surface area contributed by atoms with Crippen molar-refractivity contribution in [2.45, 2.75) is 26.2 Å². The predicted octanol–water partition coefficient (Wildman–Crippen LogP) is 3.92. The van der Waals surface area contributed by atoms with Crippen LogP contribution in [0.2, 0.25) is 0 Å². The van der Waals surface area contributed by atoms with E-state index >= 15 is 0 Å². The second-order valence-electron chi connectivity index (χ2n) is 6.96. The standard InChI is InChI=1S/C22H26FN3O2/c1-2-3-8-21(27)24-18-11-9-17(10-12-18)22(28)26-15-13-25(14-16-26)20-7-5-4-6-19(20)23/h4-7,9-12H,2-3,8,13-16H2,1H3,(H,24,27). The van der Waals surface area contributed by atoms with Crippen LogP contribution < -0.4 is 10.2 Å². The highest BCUT2D eigenvalue weighted by Gasteiger charge is 2.23. The molecule has 1 aliphatic heterocycles. The van der Waals surface area contributed by atoms with Crippen molar-refractivity contribution in [2.75, 3.05) is 36.4 Å². The van der Waals surface area contributed by atoms with Gasteiger partial charge >= 0.3 is 0 Å². The molecule has 0 saturated carbocycles. The second kappa shape index (κ2) is 9.35. The SMILES string of the molecule is CCCCC(=O)Nc1ccc(C(=O)N2CCN(c3ccccc3F)CC2)cc1. The molecule has 1 fully saturated rings. The number of para-hydroxylation sites is 1. The van der Waals surface area contributed by atoms with Gasteiger partial charge in [0, 0.05) is 43.9 Å². The van der Waals surface area contributed by atoms with Crippen LogP contribution in [0.1, 0.15) is 36.5 Å². The first-order chi connectivity index (χ1) is 13.6. The molecule has 5 nitrogen and oxygen atoms in total. The summed E-state index contributed by atoms with van der Waals surface area (Å²) in [6.45, 7) is 4.33. The van der Waals surface area contributed by atoms with Crippen molar-refractivity contribution < 1.29 is 14.0 Å². The summed E-state index contributed by atoms with van der Waals surface area (Å²) in [6.07, 6.45) is 2.34. The molecule has 2 aromatic rings. The van der Waals surface area contributed by atoms with E-state index in [4.69, 9.17) is 0 Å². The second-order valence-corrected chi connectivity index (χ2v) is 6.96. The van der Waals surface area contributed by atoms with Gasteiger partial charge in [-0.1, -0.05) is 25.5 Å². The minimum Gasteiger partial charge on any atom is -0.366 e. The summed E-state index contributed by atoms with van der Waals surface area (Å²) in [5, 5.41) is 2.85. The smallest absolute Gasteiger partial charge is 0.253 e. The predicted molar refractivity (Wildman–Crippen MR) is 109 cm³/mol. The van der Waals surface area contributed by atoms with Crippen LogP contribution in [0.4, 0.5) is 15.8 Å². The van der Waals surface area contributed by atoms with Gasteiger partial charge in [0.05, 0.1) is 5.69 Å². The van der Waals surface area contributed by atoms with Crippen LogP contribution in [-0.4, -0.2) is 42.9 Å². The highest BCUT2D eigenvalue weighted by atomic mass is 19.1. The van der Waals surface area contributed by atoms with E-state index in [0.29, 0.717) is 49.5 Å². The van der Waals surface area contributed by atoms with Crippen LogP contribution in [0.3, 0.4) is 0 Å². The van der Waals surface area contributed by atoms with Gasteiger partial charge in [0.1, 0.15) is 5.82 Å². The molecule has 0 atom stereocenters. The molecule has 2 aromatic carbocycles. The third kappa shape index (κ3) is 4.88. The molecule has 0 radical (unpaired) electrons. The number of piperazine rings is 1. The van der Waals surface area contributed by atoms with E-state index in [-0.39, 0.29) is 17.6 Å². The number of nitrogens with one attached hydrogen (secondary N) is 1. The summed E-state index contributed by atoms with van der Waals surface area (Å²) in [4.78, 5) is 28.3. The number of benzene rings is 2. The van der Waals surface area contributed by atoms with Crippen molar-refractivity contribution in [3.8, 4) is 0 Å². The minimum absolute atomic E-state index is 0.00908. The molecule has 0 bridgehead atoms. The van der Waals surface area contributed by atoms with Gasteiger partial charge in [0.25, 0.3) is 5.91 Å². The number of halogens is 1. The quantitative estimate of drug-likeness (QED) is 0.823. The number of nitrogens with zero attached hydrogens (tertiary/aromatic N) is 2. The van der Waals surface area contributed by atoms with Gasteiger partial charge in [0.2, 0.25) is 5.91 Å². The molecular weight excluding hydrogens is 357 g/mol. The first-order valence-corrected chi connectivity index (χ1v) is 9.77. The lowest BCUT2D eigenvalue weighted by Crippen LogP contribution is -2.49. The topological polar surface area (TPSA) is 52.7 Å². The Kier molecular flexibility index (Phi) is 6.63. The molecular formula is C22H26FN3O2. The third-order valence-corrected chi connectivity index (χ3v) is 4.93. The molecule has 3 rings (SSSR count). The van der Waals surface area contributed by atoms with Gasteiger partial charge in [-0.15, -0.1) is 0 Å². The first kappa shape index (κ1) is 19.9. The summed E-state index contributed by atoms with van der Waals surface area (Å²) in [7, 11) is 0. The number of unbranched alkanes of at least 4 members (excludes halogenated alkanes) is 1. The van der Waals surface area contributed by atoms with Crippen LogP contribution in [-0.2, 0) is 4.79 Å².